The van der Waals surface area contributed by atoms with Crippen molar-refractivity contribution in [2.75, 3.05) is 20.2 Å². The number of hydrogen-bond acceptors (Lipinski definition) is 5. The van der Waals surface area contributed by atoms with Crippen LogP contribution in [0.5, 0.6) is 0 Å². The molecule has 0 bridgehead atoms. The number of rotatable bonds is 6. The van der Waals surface area contributed by atoms with Crippen LogP contribution >= 0.6 is 0 Å². The van der Waals surface area contributed by atoms with Crippen LogP contribution < -0.4 is 10.6 Å². The standard InChI is InChI=1S/C12H17N3O4/c1-9(13-7-8-14-12(16)19-2)10-3-5-11(6-4-10)15(17)18/h3-6,9,13H,7-8H2,1-2H3,(H,14,16). The number of hydrogen-bond donors (Lipinski definition) is 2. The minimum Gasteiger partial charge on any atom is -0.453 e. The van der Waals surface area contributed by atoms with Crippen molar-refractivity contribution in [3.63, 3.8) is 0 Å². The highest BCUT2D eigenvalue weighted by Gasteiger charge is 2.08. The van der Waals surface area contributed by atoms with Gasteiger partial charge in [-0.2, -0.15) is 0 Å². The molecule has 7 nitrogen and oxygen atoms in total. The number of amides is 1. The Labute approximate surface area is 111 Å². The number of nitrogens with zero attached hydrogens (tertiary/aromatic N) is 1. The number of carbonyl (C=O) groups excluding carboxylic acids is 1. The fourth-order valence-corrected chi connectivity index (χ4v) is 1.53. The number of ether oxygens (including phenoxy) is 1. The van der Waals surface area contributed by atoms with Crippen molar-refractivity contribution >= 4 is 11.8 Å². The van der Waals surface area contributed by atoms with Gasteiger partial charge in [-0.3, -0.25) is 10.1 Å². The summed E-state index contributed by atoms with van der Waals surface area (Å²) in [6.45, 7) is 2.97. The van der Waals surface area contributed by atoms with Crippen molar-refractivity contribution in [3.05, 3.63) is 39.9 Å². The zero-order valence-electron chi connectivity index (χ0n) is 10.9. The van der Waals surface area contributed by atoms with E-state index in [0.29, 0.717) is 13.1 Å². The van der Waals surface area contributed by atoms with E-state index in [1.54, 1.807) is 12.1 Å². The van der Waals surface area contributed by atoms with Crippen LogP contribution in [-0.4, -0.2) is 31.2 Å². The van der Waals surface area contributed by atoms with Gasteiger partial charge >= 0.3 is 6.09 Å². The SMILES string of the molecule is COC(=O)NCCNC(C)c1ccc([N+](=O)[O-])cc1. The number of nitro groups is 1. The molecule has 0 aromatic heterocycles. The first kappa shape index (κ1) is 14.9. The molecule has 7 heteroatoms. The summed E-state index contributed by atoms with van der Waals surface area (Å²) >= 11 is 0. The van der Waals surface area contributed by atoms with Gasteiger partial charge in [0.2, 0.25) is 0 Å². The van der Waals surface area contributed by atoms with Gasteiger partial charge in [-0.25, -0.2) is 4.79 Å². The molecule has 0 saturated heterocycles. The Morgan fingerprint density at radius 1 is 1.37 bits per heavy atom. The van der Waals surface area contributed by atoms with E-state index in [0.717, 1.165) is 5.56 Å². The van der Waals surface area contributed by atoms with Gasteiger partial charge in [-0.1, -0.05) is 12.1 Å². The van der Waals surface area contributed by atoms with E-state index in [4.69, 9.17) is 0 Å². The lowest BCUT2D eigenvalue weighted by molar-refractivity contribution is -0.384. The Bertz CT molecular complexity index is 433. The maximum atomic E-state index is 10.8. The molecule has 0 fully saturated rings. The second-order valence-corrected chi connectivity index (χ2v) is 3.94. The van der Waals surface area contributed by atoms with E-state index in [1.165, 1.54) is 19.2 Å². The Hall–Kier alpha value is -2.15. The van der Waals surface area contributed by atoms with Crippen LogP contribution in [-0.2, 0) is 4.74 Å². The van der Waals surface area contributed by atoms with Crippen LogP contribution in [0.25, 0.3) is 0 Å². The van der Waals surface area contributed by atoms with E-state index in [-0.39, 0.29) is 11.7 Å². The molecule has 0 aliphatic heterocycles. The second kappa shape index (κ2) is 7.32. The largest absolute Gasteiger partial charge is 0.453 e. The van der Waals surface area contributed by atoms with Crippen LogP contribution in [0.3, 0.4) is 0 Å². The predicted octanol–water partition coefficient (Wildman–Crippen LogP) is 1.60. The molecule has 1 atom stereocenters. The van der Waals surface area contributed by atoms with E-state index in [2.05, 4.69) is 15.4 Å². The first-order chi connectivity index (χ1) is 9.04. The predicted molar refractivity (Wildman–Crippen MR) is 69.9 cm³/mol. The molecule has 1 aromatic rings. The second-order valence-electron chi connectivity index (χ2n) is 3.94. The highest BCUT2D eigenvalue weighted by atomic mass is 16.6. The number of alkyl carbamates (subject to hydrolysis) is 1. The fourth-order valence-electron chi connectivity index (χ4n) is 1.53. The summed E-state index contributed by atoms with van der Waals surface area (Å²) in [6.07, 6.45) is -0.468. The highest BCUT2D eigenvalue weighted by molar-refractivity contribution is 5.66. The molecule has 0 radical (unpaired) electrons. The zero-order chi connectivity index (χ0) is 14.3. The molecule has 1 unspecified atom stereocenters. The molecule has 1 aromatic carbocycles. The molecule has 104 valence electrons. The van der Waals surface area contributed by atoms with Gasteiger partial charge in [-0.15, -0.1) is 0 Å². The number of carbonyl (C=O) groups is 1. The van der Waals surface area contributed by atoms with Crippen LogP contribution in [0.15, 0.2) is 24.3 Å². The average molecular weight is 267 g/mol. The van der Waals surface area contributed by atoms with Gasteiger partial charge in [0, 0.05) is 31.3 Å². The third-order valence-corrected chi connectivity index (χ3v) is 2.63. The minimum absolute atomic E-state index is 0.0419. The van der Waals surface area contributed by atoms with Crippen LogP contribution in [0.2, 0.25) is 0 Å². The molecule has 0 aliphatic rings. The maximum absolute atomic E-state index is 10.8. The molecule has 0 spiro atoms. The van der Waals surface area contributed by atoms with E-state index in [1.807, 2.05) is 6.92 Å². The highest BCUT2D eigenvalue weighted by Crippen LogP contribution is 2.17. The Balaban J connectivity index is 2.38. The molecule has 19 heavy (non-hydrogen) atoms. The number of nitrogens with one attached hydrogen (secondary N) is 2. The number of nitro benzene ring substituents is 1. The maximum Gasteiger partial charge on any atom is 0.406 e. The summed E-state index contributed by atoms with van der Waals surface area (Å²) in [7, 11) is 1.31. The topological polar surface area (TPSA) is 93.5 Å². The lowest BCUT2D eigenvalue weighted by Crippen LogP contribution is -2.32. The van der Waals surface area contributed by atoms with E-state index < -0.39 is 11.0 Å². The first-order valence-electron chi connectivity index (χ1n) is 5.84. The summed E-state index contributed by atoms with van der Waals surface area (Å²) in [5.74, 6) is 0. The zero-order valence-corrected chi connectivity index (χ0v) is 10.9. The van der Waals surface area contributed by atoms with Crippen LogP contribution in [0.1, 0.15) is 18.5 Å². The molecular weight excluding hydrogens is 250 g/mol. The van der Waals surface area contributed by atoms with Crippen molar-refractivity contribution in [2.24, 2.45) is 0 Å². The Kier molecular flexibility index (Phi) is 5.74. The minimum atomic E-state index is -0.468. The Morgan fingerprint density at radius 3 is 2.53 bits per heavy atom. The lowest BCUT2D eigenvalue weighted by atomic mass is 10.1. The van der Waals surface area contributed by atoms with E-state index in [9.17, 15) is 14.9 Å². The van der Waals surface area contributed by atoms with Gasteiger partial charge in [0.15, 0.2) is 0 Å². The molecule has 1 amide bonds. The van der Waals surface area contributed by atoms with Crippen molar-refractivity contribution < 1.29 is 14.5 Å². The smallest absolute Gasteiger partial charge is 0.406 e. The third-order valence-electron chi connectivity index (χ3n) is 2.63. The quantitative estimate of drug-likeness (QED) is 0.464. The summed E-state index contributed by atoms with van der Waals surface area (Å²) in [4.78, 5) is 20.9. The van der Waals surface area contributed by atoms with Crippen molar-refractivity contribution in [1.82, 2.24) is 10.6 Å². The summed E-state index contributed by atoms with van der Waals surface area (Å²) in [5.41, 5.74) is 1.02. The van der Waals surface area contributed by atoms with Gasteiger partial charge in [-0.05, 0) is 12.5 Å². The number of non-ortho nitro benzene ring substituents is 1. The number of benzene rings is 1. The normalized spacial score (nSPS) is 11.7. The Morgan fingerprint density at radius 2 is 2.00 bits per heavy atom. The molecular formula is C12H17N3O4. The van der Waals surface area contributed by atoms with Crippen molar-refractivity contribution in [2.45, 2.75) is 13.0 Å². The third kappa shape index (κ3) is 4.92. The molecule has 1 rings (SSSR count). The first-order valence-corrected chi connectivity index (χ1v) is 5.84. The van der Waals surface area contributed by atoms with Gasteiger partial charge in [0.25, 0.3) is 5.69 Å². The number of methoxy groups -OCH3 is 1. The van der Waals surface area contributed by atoms with Crippen molar-refractivity contribution in [3.8, 4) is 0 Å². The molecule has 0 saturated carbocycles. The molecule has 2 N–H and O–H groups in total. The van der Waals surface area contributed by atoms with E-state index >= 15 is 0 Å². The average Bonchev–Trinajstić information content (AvgIpc) is 2.43. The summed E-state index contributed by atoms with van der Waals surface area (Å²) < 4.78 is 4.44. The van der Waals surface area contributed by atoms with Gasteiger partial charge in [0.05, 0.1) is 12.0 Å². The van der Waals surface area contributed by atoms with Crippen LogP contribution in [0.4, 0.5) is 10.5 Å². The van der Waals surface area contributed by atoms with Crippen molar-refractivity contribution in [1.29, 1.82) is 0 Å². The lowest BCUT2D eigenvalue weighted by Gasteiger charge is -2.14. The summed E-state index contributed by atoms with van der Waals surface area (Å²) in [5, 5.41) is 16.3. The summed E-state index contributed by atoms with van der Waals surface area (Å²) in [6, 6.07) is 6.41. The van der Waals surface area contributed by atoms with Gasteiger partial charge in [0.1, 0.15) is 0 Å². The molecule has 0 aliphatic carbocycles. The molecule has 0 heterocycles. The van der Waals surface area contributed by atoms with Gasteiger partial charge < -0.3 is 15.4 Å². The fraction of sp³-hybridized carbons (Fsp3) is 0.417. The monoisotopic (exact) mass is 267 g/mol. The van der Waals surface area contributed by atoms with Crippen LogP contribution in [0, 0.1) is 10.1 Å².